The van der Waals surface area contributed by atoms with Gasteiger partial charge < -0.3 is 5.11 Å². The minimum absolute atomic E-state index is 0.0886. The van der Waals surface area contributed by atoms with Crippen molar-refractivity contribution in [3.8, 4) is 16.9 Å². The molecule has 94 valence electrons. The van der Waals surface area contributed by atoms with Crippen LogP contribution in [0.2, 0.25) is 0 Å². The van der Waals surface area contributed by atoms with Gasteiger partial charge in [0, 0.05) is 0 Å². The van der Waals surface area contributed by atoms with Crippen LogP contribution in [0.25, 0.3) is 11.1 Å². The van der Waals surface area contributed by atoms with Crippen molar-refractivity contribution in [3.05, 3.63) is 52.5 Å². The van der Waals surface area contributed by atoms with E-state index in [9.17, 15) is 18.3 Å². The number of benzene rings is 2. The SMILES string of the molecule is Oc1ccc(-c2ccc(C(F)(F)F)cc2)cc1Br. The van der Waals surface area contributed by atoms with E-state index in [1.165, 1.54) is 18.2 Å². The first kappa shape index (κ1) is 13.0. The molecule has 0 heterocycles. The largest absolute Gasteiger partial charge is 0.507 e. The zero-order valence-corrected chi connectivity index (χ0v) is 10.6. The lowest BCUT2D eigenvalue weighted by Gasteiger charge is -2.08. The Bertz CT molecular complexity index is 561. The van der Waals surface area contributed by atoms with Crippen LogP contribution in [0.15, 0.2) is 46.9 Å². The molecule has 0 unspecified atom stereocenters. The molecule has 2 aromatic rings. The van der Waals surface area contributed by atoms with E-state index in [1.807, 2.05) is 0 Å². The molecule has 2 rings (SSSR count). The summed E-state index contributed by atoms with van der Waals surface area (Å²) < 4.78 is 37.7. The molecule has 0 aromatic heterocycles. The molecule has 1 nitrogen and oxygen atoms in total. The first-order valence-corrected chi connectivity index (χ1v) is 5.83. The molecule has 0 saturated heterocycles. The number of alkyl halides is 3. The van der Waals surface area contributed by atoms with E-state index in [0.717, 1.165) is 17.7 Å². The first-order chi connectivity index (χ1) is 8.38. The van der Waals surface area contributed by atoms with Crippen LogP contribution >= 0.6 is 15.9 Å². The molecule has 1 N–H and O–H groups in total. The summed E-state index contributed by atoms with van der Waals surface area (Å²) in [6.45, 7) is 0. The maximum absolute atomic E-state index is 12.4. The summed E-state index contributed by atoms with van der Waals surface area (Å²) in [7, 11) is 0. The standard InChI is InChI=1S/C13H8BrF3O/c14-11-7-9(3-6-12(11)18)8-1-4-10(5-2-8)13(15,16)17/h1-7,18H. The zero-order chi connectivity index (χ0) is 13.3. The van der Waals surface area contributed by atoms with Crippen molar-refractivity contribution in [2.45, 2.75) is 6.18 Å². The topological polar surface area (TPSA) is 20.2 Å². The summed E-state index contributed by atoms with van der Waals surface area (Å²) in [6.07, 6.45) is -4.33. The van der Waals surface area contributed by atoms with Crippen molar-refractivity contribution in [3.63, 3.8) is 0 Å². The predicted molar refractivity (Wildman–Crippen MR) is 66.2 cm³/mol. The summed E-state index contributed by atoms with van der Waals surface area (Å²) in [5.74, 6) is 0.0886. The Kier molecular flexibility index (Phi) is 3.34. The lowest BCUT2D eigenvalue weighted by atomic mass is 10.0. The third-order valence-electron chi connectivity index (χ3n) is 2.49. The molecular weight excluding hydrogens is 309 g/mol. The van der Waals surface area contributed by atoms with E-state index in [0.29, 0.717) is 10.0 Å². The number of rotatable bonds is 1. The molecule has 0 amide bonds. The van der Waals surface area contributed by atoms with E-state index < -0.39 is 11.7 Å². The molecule has 0 fully saturated rings. The van der Waals surface area contributed by atoms with Crippen molar-refractivity contribution >= 4 is 15.9 Å². The van der Waals surface area contributed by atoms with Crippen molar-refractivity contribution in [2.75, 3.05) is 0 Å². The lowest BCUT2D eigenvalue weighted by Crippen LogP contribution is -2.03. The Morgan fingerprint density at radius 3 is 1.94 bits per heavy atom. The van der Waals surface area contributed by atoms with Gasteiger partial charge in [0.25, 0.3) is 0 Å². The van der Waals surface area contributed by atoms with Crippen LogP contribution in [0, 0.1) is 0 Å². The van der Waals surface area contributed by atoms with Crippen molar-refractivity contribution in [1.82, 2.24) is 0 Å². The maximum atomic E-state index is 12.4. The fourth-order valence-corrected chi connectivity index (χ4v) is 1.92. The van der Waals surface area contributed by atoms with Gasteiger partial charge in [-0.2, -0.15) is 13.2 Å². The molecule has 0 radical (unpaired) electrons. The van der Waals surface area contributed by atoms with Gasteiger partial charge >= 0.3 is 6.18 Å². The van der Waals surface area contributed by atoms with Crippen LogP contribution in [0.5, 0.6) is 5.75 Å². The van der Waals surface area contributed by atoms with Crippen molar-refractivity contribution < 1.29 is 18.3 Å². The fourth-order valence-electron chi connectivity index (χ4n) is 1.54. The van der Waals surface area contributed by atoms with Crippen LogP contribution in [-0.2, 0) is 6.18 Å². The molecule has 18 heavy (non-hydrogen) atoms. The van der Waals surface area contributed by atoms with Gasteiger partial charge in [0.2, 0.25) is 0 Å². The average molecular weight is 317 g/mol. The van der Waals surface area contributed by atoms with Crippen LogP contribution in [0.4, 0.5) is 13.2 Å². The zero-order valence-electron chi connectivity index (χ0n) is 9.00. The third-order valence-corrected chi connectivity index (χ3v) is 3.13. The Morgan fingerprint density at radius 1 is 0.889 bits per heavy atom. The molecule has 0 bridgehead atoms. The van der Waals surface area contributed by atoms with E-state index in [-0.39, 0.29) is 5.75 Å². The molecule has 2 aromatic carbocycles. The number of hydrogen-bond acceptors (Lipinski definition) is 1. The highest BCUT2D eigenvalue weighted by Crippen LogP contribution is 2.33. The summed E-state index contributed by atoms with van der Waals surface area (Å²) in [4.78, 5) is 0. The first-order valence-electron chi connectivity index (χ1n) is 5.04. The highest BCUT2D eigenvalue weighted by molar-refractivity contribution is 9.10. The molecular formula is C13H8BrF3O. The summed E-state index contributed by atoms with van der Waals surface area (Å²) in [5, 5.41) is 9.35. The van der Waals surface area contributed by atoms with Crippen LogP contribution < -0.4 is 0 Å². The summed E-state index contributed by atoms with van der Waals surface area (Å²) >= 11 is 3.16. The van der Waals surface area contributed by atoms with E-state index in [4.69, 9.17) is 0 Å². The van der Waals surface area contributed by atoms with Gasteiger partial charge in [0.05, 0.1) is 10.0 Å². The minimum Gasteiger partial charge on any atom is -0.507 e. The van der Waals surface area contributed by atoms with E-state index in [2.05, 4.69) is 15.9 Å². The smallest absolute Gasteiger partial charge is 0.416 e. The van der Waals surface area contributed by atoms with Crippen molar-refractivity contribution in [2.24, 2.45) is 0 Å². The number of halogens is 4. The Balaban J connectivity index is 2.37. The maximum Gasteiger partial charge on any atom is 0.416 e. The minimum atomic E-state index is -4.33. The second-order valence-electron chi connectivity index (χ2n) is 3.74. The van der Waals surface area contributed by atoms with Gasteiger partial charge in [-0.1, -0.05) is 18.2 Å². The molecule has 5 heteroatoms. The Morgan fingerprint density at radius 2 is 1.44 bits per heavy atom. The number of phenolic OH excluding ortho intramolecular Hbond substituents is 1. The summed E-state index contributed by atoms with van der Waals surface area (Å²) in [6, 6.07) is 9.66. The molecule has 0 aliphatic carbocycles. The second kappa shape index (κ2) is 4.65. The normalized spacial score (nSPS) is 11.6. The molecule has 0 aliphatic heterocycles. The number of phenols is 1. The monoisotopic (exact) mass is 316 g/mol. The highest BCUT2D eigenvalue weighted by atomic mass is 79.9. The average Bonchev–Trinajstić information content (AvgIpc) is 2.32. The number of aromatic hydroxyl groups is 1. The Labute approximate surface area is 110 Å². The van der Waals surface area contributed by atoms with Gasteiger partial charge in [-0.15, -0.1) is 0 Å². The fraction of sp³-hybridized carbons (Fsp3) is 0.0769. The highest BCUT2D eigenvalue weighted by Gasteiger charge is 2.29. The van der Waals surface area contributed by atoms with Crippen LogP contribution in [0.1, 0.15) is 5.56 Å². The second-order valence-corrected chi connectivity index (χ2v) is 4.60. The molecule has 0 spiro atoms. The van der Waals surface area contributed by atoms with Gasteiger partial charge in [0.1, 0.15) is 5.75 Å². The van der Waals surface area contributed by atoms with E-state index in [1.54, 1.807) is 12.1 Å². The van der Waals surface area contributed by atoms with Gasteiger partial charge in [-0.05, 0) is 51.3 Å². The number of hydrogen-bond donors (Lipinski definition) is 1. The van der Waals surface area contributed by atoms with Crippen molar-refractivity contribution in [1.29, 1.82) is 0 Å². The predicted octanol–water partition coefficient (Wildman–Crippen LogP) is 4.84. The van der Waals surface area contributed by atoms with Crippen LogP contribution in [0.3, 0.4) is 0 Å². The lowest BCUT2D eigenvalue weighted by molar-refractivity contribution is -0.137. The van der Waals surface area contributed by atoms with Gasteiger partial charge in [-0.25, -0.2) is 0 Å². The third kappa shape index (κ3) is 2.67. The van der Waals surface area contributed by atoms with Gasteiger partial charge in [0.15, 0.2) is 0 Å². The van der Waals surface area contributed by atoms with Crippen LogP contribution in [-0.4, -0.2) is 5.11 Å². The Hall–Kier alpha value is -1.49. The molecule has 0 atom stereocenters. The summed E-state index contributed by atoms with van der Waals surface area (Å²) in [5.41, 5.74) is 0.709. The van der Waals surface area contributed by atoms with E-state index >= 15 is 0 Å². The molecule has 0 saturated carbocycles. The molecule has 0 aliphatic rings. The van der Waals surface area contributed by atoms with Gasteiger partial charge in [-0.3, -0.25) is 0 Å². The quantitative estimate of drug-likeness (QED) is 0.798.